The maximum Gasteiger partial charge on any atom is 0.328 e. The van der Waals surface area contributed by atoms with Gasteiger partial charge in [-0.05, 0) is 38.4 Å². The molecule has 2 aliphatic heterocycles. The molecule has 0 aromatic heterocycles. The molecular weight excluding hydrogens is 294 g/mol. The van der Waals surface area contributed by atoms with Gasteiger partial charge in [-0.2, -0.15) is 0 Å². The van der Waals surface area contributed by atoms with Crippen LogP contribution in [0.3, 0.4) is 0 Å². The van der Waals surface area contributed by atoms with Crippen LogP contribution in [0.4, 0.5) is 4.79 Å². The number of imide groups is 1. The molecule has 3 rings (SSSR count). The van der Waals surface area contributed by atoms with Gasteiger partial charge in [-0.15, -0.1) is 0 Å². The molecule has 2 heterocycles. The Morgan fingerprint density at radius 2 is 2.13 bits per heavy atom. The Kier molecular flexibility index (Phi) is 4.06. The summed E-state index contributed by atoms with van der Waals surface area (Å²) in [6, 6.07) is -0.431. The molecule has 0 radical (unpaired) electrons. The molecule has 23 heavy (non-hydrogen) atoms. The fourth-order valence-corrected chi connectivity index (χ4v) is 3.66. The summed E-state index contributed by atoms with van der Waals surface area (Å²) in [4.78, 5) is 26.5. The molecule has 0 aromatic carbocycles. The van der Waals surface area contributed by atoms with Gasteiger partial charge in [0.2, 0.25) is 5.91 Å². The number of likely N-dealkylation sites (tertiary alicyclic amines) is 1. The smallest absolute Gasteiger partial charge is 0.328 e. The maximum atomic E-state index is 12.7. The van der Waals surface area contributed by atoms with Crippen LogP contribution in [-0.2, 0) is 4.79 Å². The Labute approximate surface area is 136 Å². The second kappa shape index (κ2) is 5.76. The van der Waals surface area contributed by atoms with Gasteiger partial charge in [0.15, 0.2) is 0 Å². The molecule has 0 aromatic rings. The highest BCUT2D eigenvalue weighted by molar-refractivity contribution is 6.02. The van der Waals surface area contributed by atoms with Crippen molar-refractivity contribution in [2.45, 2.75) is 38.7 Å². The highest BCUT2D eigenvalue weighted by Crippen LogP contribution is 2.46. The molecule has 2 fully saturated rings. The minimum Gasteiger partial charge on any atom is -0.388 e. The van der Waals surface area contributed by atoms with Crippen molar-refractivity contribution in [2.24, 2.45) is 11.3 Å². The molecule has 126 valence electrons. The van der Waals surface area contributed by atoms with E-state index in [0.29, 0.717) is 12.8 Å². The van der Waals surface area contributed by atoms with Crippen molar-refractivity contribution in [2.75, 3.05) is 19.6 Å². The Morgan fingerprint density at radius 3 is 2.83 bits per heavy atom. The number of fused-ring (bicyclic) bond motifs is 1. The number of nitrogens with zero attached hydrogens (tertiary/aromatic N) is 1. The second-order valence-electron chi connectivity index (χ2n) is 7.30. The summed E-state index contributed by atoms with van der Waals surface area (Å²) in [7, 11) is 0. The van der Waals surface area contributed by atoms with Gasteiger partial charge in [0.1, 0.15) is 0 Å². The summed E-state index contributed by atoms with van der Waals surface area (Å²) < 4.78 is 0. The number of hydrogen-bond acceptors (Lipinski definition) is 4. The van der Waals surface area contributed by atoms with Gasteiger partial charge in [0.25, 0.3) is 0 Å². The number of amides is 3. The molecule has 1 unspecified atom stereocenters. The van der Waals surface area contributed by atoms with Crippen molar-refractivity contribution >= 4 is 11.9 Å². The van der Waals surface area contributed by atoms with E-state index in [1.807, 2.05) is 32.1 Å². The lowest BCUT2D eigenvalue weighted by Gasteiger charge is -2.33. The normalized spacial score (nSPS) is 28.3. The lowest BCUT2D eigenvalue weighted by molar-refractivity contribution is -0.132. The van der Waals surface area contributed by atoms with Gasteiger partial charge < -0.3 is 15.7 Å². The number of rotatable bonds is 2. The van der Waals surface area contributed by atoms with Crippen LogP contribution in [-0.4, -0.2) is 47.2 Å². The Balaban J connectivity index is 1.72. The number of allylic oxidation sites excluding steroid dienone is 4. The van der Waals surface area contributed by atoms with Crippen LogP contribution in [0, 0.1) is 11.3 Å². The largest absolute Gasteiger partial charge is 0.388 e. The van der Waals surface area contributed by atoms with Crippen molar-refractivity contribution in [1.82, 2.24) is 15.5 Å². The molecule has 0 saturated carbocycles. The van der Waals surface area contributed by atoms with Gasteiger partial charge in [0, 0.05) is 18.2 Å². The number of carbonyl (C=O) groups is 2. The van der Waals surface area contributed by atoms with Crippen molar-refractivity contribution in [1.29, 1.82) is 0 Å². The zero-order valence-corrected chi connectivity index (χ0v) is 13.8. The third-order valence-corrected chi connectivity index (χ3v) is 5.32. The summed E-state index contributed by atoms with van der Waals surface area (Å²) in [6.45, 7) is 5.42. The van der Waals surface area contributed by atoms with E-state index >= 15 is 0 Å². The third kappa shape index (κ3) is 2.81. The standard InChI is InChI=1S/C17H25N3O3/c1-16(2)12-5-3-4-6-13(12)20(14(16)21)15(22)19-11-17(23)7-9-18-10-8-17/h3-4,6,12,18,23H,5,7-11H2,1-2H3,(H,19,22). The monoisotopic (exact) mass is 319 g/mol. The molecule has 1 atom stereocenters. The summed E-state index contributed by atoms with van der Waals surface area (Å²) in [5, 5.41) is 16.4. The van der Waals surface area contributed by atoms with E-state index in [9.17, 15) is 14.7 Å². The number of nitrogens with one attached hydrogen (secondary N) is 2. The zero-order chi connectivity index (χ0) is 16.7. The second-order valence-corrected chi connectivity index (χ2v) is 7.30. The first-order chi connectivity index (χ1) is 10.9. The van der Waals surface area contributed by atoms with Gasteiger partial charge >= 0.3 is 6.03 Å². The number of piperidine rings is 1. The van der Waals surface area contributed by atoms with Crippen LogP contribution in [0.5, 0.6) is 0 Å². The molecule has 3 amide bonds. The van der Waals surface area contributed by atoms with E-state index in [1.165, 1.54) is 4.90 Å². The molecule has 3 N–H and O–H groups in total. The maximum absolute atomic E-state index is 12.7. The Morgan fingerprint density at radius 1 is 1.43 bits per heavy atom. The quantitative estimate of drug-likeness (QED) is 0.713. The van der Waals surface area contributed by atoms with Gasteiger partial charge in [0.05, 0.1) is 11.0 Å². The predicted octanol–water partition coefficient (Wildman–Crippen LogP) is 1.14. The van der Waals surface area contributed by atoms with Crippen LogP contribution in [0.1, 0.15) is 33.1 Å². The van der Waals surface area contributed by atoms with E-state index in [0.717, 1.165) is 25.2 Å². The van der Waals surface area contributed by atoms with E-state index in [-0.39, 0.29) is 18.4 Å². The van der Waals surface area contributed by atoms with Crippen molar-refractivity contribution < 1.29 is 14.7 Å². The van der Waals surface area contributed by atoms with E-state index in [4.69, 9.17) is 0 Å². The van der Waals surface area contributed by atoms with Crippen LogP contribution >= 0.6 is 0 Å². The van der Waals surface area contributed by atoms with Crippen LogP contribution in [0.15, 0.2) is 23.9 Å². The highest BCUT2D eigenvalue weighted by atomic mass is 16.3. The molecule has 6 heteroatoms. The van der Waals surface area contributed by atoms with Crippen LogP contribution in [0.25, 0.3) is 0 Å². The summed E-state index contributed by atoms with van der Waals surface area (Å²) in [5.41, 5.74) is -0.712. The average molecular weight is 319 g/mol. The fourth-order valence-electron chi connectivity index (χ4n) is 3.66. The number of urea groups is 1. The molecule has 0 bridgehead atoms. The lowest BCUT2D eigenvalue weighted by Crippen LogP contribution is -2.52. The number of aliphatic hydroxyl groups is 1. The molecule has 6 nitrogen and oxygen atoms in total. The van der Waals surface area contributed by atoms with Crippen molar-refractivity contribution in [3.8, 4) is 0 Å². The molecule has 0 spiro atoms. The lowest BCUT2D eigenvalue weighted by atomic mass is 9.77. The Bertz CT molecular complexity index is 574. The third-order valence-electron chi connectivity index (χ3n) is 5.32. The van der Waals surface area contributed by atoms with Gasteiger partial charge in [-0.25, -0.2) is 9.69 Å². The first-order valence-corrected chi connectivity index (χ1v) is 8.27. The summed E-state index contributed by atoms with van der Waals surface area (Å²) >= 11 is 0. The van der Waals surface area contributed by atoms with Gasteiger partial charge in [-0.1, -0.05) is 26.0 Å². The SMILES string of the molecule is CC1(C)C(=O)N(C(=O)NCC2(O)CCNCC2)C2=CC=CCC21. The summed E-state index contributed by atoms with van der Waals surface area (Å²) in [6.07, 6.45) is 7.73. The fraction of sp³-hybridized carbons (Fsp3) is 0.647. The highest BCUT2D eigenvalue weighted by Gasteiger charge is 2.52. The van der Waals surface area contributed by atoms with Gasteiger partial charge in [-0.3, -0.25) is 4.79 Å². The molecular formula is C17H25N3O3. The van der Waals surface area contributed by atoms with Crippen molar-refractivity contribution in [3.63, 3.8) is 0 Å². The number of hydrogen-bond donors (Lipinski definition) is 3. The van der Waals surface area contributed by atoms with Crippen LogP contribution < -0.4 is 10.6 Å². The van der Waals surface area contributed by atoms with E-state index in [1.54, 1.807) is 0 Å². The van der Waals surface area contributed by atoms with E-state index in [2.05, 4.69) is 10.6 Å². The molecule has 2 saturated heterocycles. The zero-order valence-electron chi connectivity index (χ0n) is 13.8. The van der Waals surface area contributed by atoms with Crippen LogP contribution in [0.2, 0.25) is 0 Å². The van der Waals surface area contributed by atoms with Crippen molar-refractivity contribution in [3.05, 3.63) is 23.9 Å². The average Bonchev–Trinajstić information content (AvgIpc) is 2.74. The Hall–Kier alpha value is -1.66. The minimum atomic E-state index is -0.889. The first kappa shape index (κ1) is 16.2. The summed E-state index contributed by atoms with van der Waals surface area (Å²) in [5.74, 6) is -0.139. The molecule has 3 aliphatic rings. The first-order valence-electron chi connectivity index (χ1n) is 8.27. The molecule has 1 aliphatic carbocycles. The predicted molar refractivity (Wildman–Crippen MR) is 86.4 cm³/mol. The topological polar surface area (TPSA) is 81.7 Å². The minimum absolute atomic E-state index is 0.0349. The van der Waals surface area contributed by atoms with E-state index < -0.39 is 17.0 Å². The number of carbonyl (C=O) groups excluding carboxylic acids is 2.